The lowest BCUT2D eigenvalue weighted by Crippen LogP contribution is -2.37. The zero-order chi connectivity index (χ0) is 26.6. The fraction of sp³-hybridized carbons (Fsp3) is 0.640. The summed E-state index contributed by atoms with van der Waals surface area (Å²) in [5.74, 6) is -2.99. The second-order valence-corrected chi connectivity index (χ2v) is 8.09. The number of likely N-dealkylation sites (tertiary alicyclic amines) is 1. The highest BCUT2D eigenvalue weighted by molar-refractivity contribution is 6.27. The van der Waals surface area contributed by atoms with Crippen molar-refractivity contribution in [1.82, 2.24) is 4.90 Å². The number of rotatable bonds is 15. The Morgan fingerprint density at radius 1 is 0.972 bits per heavy atom. The van der Waals surface area contributed by atoms with Gasteiger partial charge in [0.05, 0.1) is 32.1 Å². The number of amides is 1. The topological polar surface area (TPSA) is 144 Å². The van der Waals surface area contributed by atoms with Gasteiger partial charge in [0.1, 0.15) is 11.9 Å². The van der Waals surface area contributed by atoms with Crippen molar-refractivity contribution in [3.63, 3.8) is 0 Å². The van der Waals surface area contributed by atoms with Gasteiger partial charge >= 0.3 is 18.0 Å². The van der Waals surface area contributed by atoms with E-state index >= 15 is 0 Å². The highest BCUT2D eigenvalue weighted by Crippen LogP contribution is 2.24. The number of hydrogen-bond donors (Lipinski definition) is 3. The number of carbonyl (C=O) groups excluding carboxylic acids is 1. The highest BCUT2D eigenvalue weighted by Gasteiger charge is 2.22. The second-order valence-electron chi connectivity index (χ2n) is 8.09. The standard InChI is InChI=1S/C23H38N2O5.C2H2O4/c1-3-5-10-15-29-22-12-7-6-11-21(22)24-23(26)30-20(18-25-13-8-9-14-25)19-28-17-16-27-4-2;3-1(4)2(5)6/h6-7,11-12,20H,3-5,8-10,13-19H2,1-2H3,(H,24,26);(H,3,4)(H,5,6). The maximum absolute atomic E-state index is 12.6. The van der Waals surface area contributed by atoms with E-state index in [4.69, 9.17) is 38.7 Å². The predicted molar refractivity (Wildman–Crippen MR) is 134 cm³/mol. The van der Waals surface area contributed by atoms with Crippen LogP contribution in [0, 0.1) is 0 Å². The lowest BCUT2D eigenvalue weighted by atomic mass is 10.2. The Morgan fingerprint density at radius 3 is 2.28 bits per heavy atom. The van der Waals surface area contributed by atoms with Crippen LogP contribution in [0.15, 0.2) is 24.3 Å². The molecule has 0 aliphatic carbocycles. The molecular weight excluding hydrogens is 472 g/mol. The van der Waals surface area contributed by atoms with Crippen molar-refractivity contribution >= 4 is 23.7 Å². The van der Waals surface area contributed by atoms with E-state index in [1.165, 1.54) is 12.8 Å². The predicted octanol–water partition coefficient (Wildman–Crippen LogP) is 3.48. The van der Waals surface area contributed by atoms with E-state index in [9.17, 15) is 4.79 Å². The molecule has 11 nitrogen and oxygen atoms in total. The number of anilines is 1. The maximum atomic E-state index is 12.6. The van der Waals surface area contributed by atoms with Crippen molar-refractivity contribution in [3.05, 3.63) is 24.3 Å². The molecule has 1 atom stereocenters. The molecule has 36 heavy (non-hydrogen) atoms. The molecule has 0 radical (unpaired) electrons. The summed E-state index contributed by atoms with van der Waals surface area (Å²) in [5.41, 5.74) is 0.621. The Hall–Kier alpha value is -2.89. The van der Waals surface area contributed by atoms with Crippen LogP contribution in [0.5, 0.6) is 5.75 Å². The quantitative estimate of drug-likeness (QED) is 0.236. The number of carboxylic acids is 2. The minimum Gasteiger partial charge on any atom is -0.491 e. The van der Waals surface area contributed by atoms with Crippen molar-refractivity contribution in [3.8, 4) is 5.75 Å². The average molecular weight is 513 g/mol. The summed E-state index contributed by atoms with van der Waals surface area (Å²) in [5, 5.41) is 17.6. The number of hydrogen-bond acceptors (Lipinski definition) is 8. The van der Waals surface area contributed by atoms with Crippen molar-refractivity contribution in [2.75, 3.05) is 58.0 Å². The SMILES string of the molecule is CCCCCOc1ccccc1NC(=O)OC(COCCOCC)CN1CCCC1.O=C(O)C(=O)O. The van der Waals surface area contributed by atoms with Crippen LogP contribution in [-0.2, 0) is 23.8 Å². The molecule has 1 aromatic rings. The van der Waals surface area contributed by atoms with Gasteiger partial charge in [0, 0.05) is 13.2 Å². The molecule has 1 fully saturated rings. The summed E-state index contributed by atoms with van der Waals surface area (Å²) in [6.07, 6.45) is 4.81. The van der Waals surface area contributed by atoms with Crippen LogP contribution in [0.4, 0.5) is 10.5 Å². The molecule has 2 rings (SSSR count). The summed E-state index contributed by atoms with van der Waals surface area (Å²) in [6, 6.07) is 7.45. The molecule has 1 aliphatic heterocycles. The van der Waals surface area contributed by atoms with Crippen LogP contribution in [0.25, 0.3) is 0 Å². The number of nitrogens with one attached hydrogen (secondary N) is 1. The smallest absolute Gasteiger partial charge is 0.414 e. The summed E-state index contributed by atoms with van der Waals surface area (Å²) < 4.78 is 22.5. The average Bonchev–Trinajstić information content (AvgIpc) is 3.36. The Labute approximate surface area is 212 Å². The summed E-state index contributed by atoms with van der Waals surface area (Å²) in [7, 11) is 0. The van der Waals surface area contributed by atoms with E-state index in [0.717, 1.165) is 32.4 Å². The first-order valence-corrected chi connectivity index (χ1v) is 12.4. The third kappa shape index (κ3) is 14.5. The van der Waals surface area contributed by atoms with E-state index in [1.54, 1.807) is 0 Å². The fourth-order valence-electron chi connectivity index (χ4n) is 3.37. The van der Waals surface area contributed by atoms with Gasteiger partial charge < -0.3 is 29.2 Å². The molecule has 0 bridgehead atoms. The van der Waals surface area contributed by atoms with Gasteiger partial charge in [0.15, 0.2) is 0 Å². The lowest BCUT2D eigenvalue weighted by molar-refractivity contribution is -0.159. The number of unbranched alkanes of at least 4 members (excludes halogenated alkanes) is 2. The Morgan fingerprint density at radius 2 is 1.64 bits per heavy atom. The zero-order valence-electron chi connectivity index (χ0n) is 21.3. The minimum absolute atomic E-state index is 0.331. The number of para-hydroxylation sites is 2. The molecule has 1 heterocycles. The molecule has 1 aromatic carbocycles. The normalized spacial score (nSPS) is 13.8. The van der Waals surface area contributed by atoms with Gasteiger partial charge in [0.2, 0.25) is 0 Å². The first-order chi connectivity index (χ1) is 17.4. The third-order valence-corrected chi connectivity index (χ3v) is 5.13. The van der Waals surface area contributed by atoms with Crippen molar-refractivity contribution < 1.29 is 43.5 Å². The molecule has 1 aliphatic rings. The number of nitrogens with zero attached hydrogens (tertiary/aromatic N) is 1. The maximum Gasteiger partial charge on any atom is 0.414 e. The van der Waals surface area contributed by atoms with E-state index in [-0.39, 0.29) is 6.10 Å². The van der Waals surface area contributed by atoms with E-state index in [1.807, 2.05) is 31.2 Å². The Bertz CT molecular complexity index is 758. The van der Waals surface area contributed by atoms with Crippen LogP contribution < -0.4 is 10.1 Å². The second kappa shape index (κ2) is 19.3. The van der Waals surface area contributed by atoms with Crippen LogP contribution in [0.1, 0.15) is 46.0 Å². The Balaban J connectivity index is 0.000000960. The lowest BCUT2D eigenvalue weighted by Gasteiger charge is -2.24. The van der Waals surface area contributed by atoms with E-state index < -0.39 is 18.0 Å². The van der Waals surface area contributed by atoms with Gasteiger partial charge in [0.25, 0.3) is 0 Å². The van der Waals surface area contributed by atoms with Crippen molar-refractivity contribution in [1.29, 1.82) is 0 Å². The molecular formula is C25H40N2O9. The van der Waals surface area contributed by atoms with Crippen molar-refractivity contribution in [2.24, 2.45) is 0 Å². The molecule has 1 amide bonds. The van der Waals surface area contributed by atoms with Gasteiger partial charge in [-0.05, 0) is 51.4 Å². The first-order valence-electron chi connectivity index (χ1n) is 12.4. The summed E-state index contributed by atoms with van der Waals surface area (Å²) >= 11 is 0. The third-order valence-electron chi connectivity index (χ3n) is 5.13. The molecule has 1 unspecified atom stereocenters. The molecule has 1 saturated heterocycles. The van der Waals surface area contributed by atoms with E-state index in [0.29, 0.717) is 51.0 Å². The number of aliphatic carboxylic acids is 2. The van der Waals surface area contributed by atoms with Gasteiger partial charge in [-0.25, -0.2) is 14.4 Å². The minimum atomic E-state index is -1.82. The number of carboxylic acid groups (broad SMARTS) is 2. The Kier molecular flexibility index (Phi) is 16.7. The van der Waals surface area contributed by atoms with Crippen LogP contribution >= 0.6 is 0 Å². The zero-order valence-corrected chi connectivity index (χ0v) is 21.3. The molecule has 0 saturated carbocycles. The van der Waals surface area contributed by atoms with Gasteiger partial charge in [-0.3, -0.25) is 10.2 Å². The molecule has 0 aromatic heterocycles. The number of ether oxygens (including phenoxy) is 4. The summed E-state index contributed by atoms with van der Waals surface area (Å²) in [6.45, 7) is 9.55. The van der Waals surface area contributed by atoms with Crippen molar-refractivity contribution in [2.45, 2.75) is 52.1 Å². The molecule has 11 heteroatoms. The van der Waals surface area contributed by atoms with Crippen LogP contribution in [0.3, 0.4) is 0 Å². The van der Waals surface area contributed by atoms with Crippen LogP contribution in [-0.4, -0.2) is 91.9 Å². The molecule has 204 valence electrons. The largest absolute Gasteiger partial charge is 0.491 e. The monoisotopic (exact) mass is 512 g/mol. The molecule has 0 spiro atoms. The number of benzene rings is 1. The highest BCUT2D eigenvalue weighted by atomic mass is 16.6. The van der Waals surface area contributed by atoms with Crippen LogP contribution in [0.2, 0.25) is 0 Å². The summed E-state index contributed by atoms with van der Waals surface area (Å²) in [4.78, 5) is 33.1. The van der Waals surface area contributed by atoms with Gasteiger partial charge in [-0.2, -0.15) is 0 Å². The first kappa shape index (κ1) is 31.1. The van der Waals surface area contributed by atoms with E-state index in [2.05, 4.69) is 17.1 Å². The number of carbonyl (C=O) groups is 3. The van der Waals surface area contributed by atoms with Gasteiger partial charge in [-0.15, -0.1) is 0 Å². The fourth-order valence-corrected chi connectivity index (χ4v) is 3.37. The molecule has 3 N–H and O–H groups in total. The van der Waals surface area contributed by atoms with Gasteiger partial charge in [-0.1, -0.05) is 31.9 Å².